The van der Waals surface area contributed by atoms with Gasteiger partial charge < -0.3 is 24.9 Å². The molecule has 200 valence electrons. The van der Waals surface area contributed by atoms with E-state index in [2.05, 4.69) is 45.2 Å². The zero-order valence-electron chi connectivity index (χ0n) is 22.4. The van der Waals surface area contributed by atoms with Crippen molar-refractivity contribution in [3.63, 3.8) is 0 Å². The van der Waals surface area contributed by atoms with Gasteiger partial charge in [0, 0.05) is 69.1 Å². The van der Waals surface area contributed by atoms with E-state index in [9.17, 15) is 4.79 Å². The Kier molecular flexibility index (Phi) is 6.92. The number of rotatable bonds is 3. The normalized spacial score (nSPS) is 31.4. The number of Topliss-reactive ketones (excluding diaryl/α,β-unsaturated/α-hetero) is 1. The van der Waals surface area contributed by atoms with E-state index in [0.29, 0.717) is 29.8 Å². The van der Waals surface area contributed by atoms with Gasteiger partial charge in [0.2, 0.25) is 11.6 Å². The minimum absolute atomic E-state index is 0.00143. The number of carbonyl (C=O) groups is 1. The summed E-state index contributed by atoms with van der Waals surface area (Å²) in [4.78, 5) is 36.7. The molecule has 3 aliphatic heterocycles. The lowest BCUT2D eigenvalue weighted by atomic mass is 9.57. The van der Waals surface area contributed by atoms with Crippen LogP contribution in [-0.4, -0.2) is 85.8 Å². The molecular weight excluding hydrogens is 466 g/mol. The molecule has 1 N–H and O–H groups in total. The van der Waals surface area contributed by atoms with E-state index in [0.717, 1.165) is 102 Å². The number of likely N-dealkylation sites (N-methyl/N-ethyl adjacent to an activating group) is 1. The highest BCUT2D eigenvalue weighted by Gasteiger charge is 2.50. The molecule has 1 aromatic rings. The maximum atomic E-state index is 13.3. The fraction of sp³-hybridized carbons (Fsp3) is 0.714. The lowest BCUT2D eigenvalue weighted by Gasteiger charge is -2.46. The number of oxime groups is 1. The topological polar surface area (TPSA) is 86.2 Å². The van der Waals surface area contributed by atoms with Gasteiger partial charge in [0.15, 0.2) is 0 Å². The first-order valence-electron chi connectivity index (χ1n) is 14.3. The molecule has 4 fully saturated rings. The summed E-state index contributed by atoms with van der Waals surface area (Å²) in [6.45, 7) is 9.08. The summed E-state index contributed by atoms with van der Waals surface area (Å²) < 4.78 is 0. The van der Waals surface area contributed by atoms with Crippen molar-refractivity contribution >= 4 is 29.4 Å². The molecule has 9 nitrogen and oxygen atoms in total. The Morgan fingerprint density at radius 3 is 2.65 bits per heavy atom. The van der Waals surface area contributed by atoms with Crippen LogP contribution in [0.15, 0.2) is 16.8 Å². The highest BCUT2D eigenvalue weighted by atomic mass is 16.6. The van der Waals surface area contributed by atoms with Gasteiger partial charge in [-0.1, -0.05) is 11.6 Å². The summed E-state index contributed by atoms with van der Waals surface area (Å²) in [6, 6.07) is 2.50. The third-order valence-corrected chi connectivity index (χ3v) is 9.27. The first-order valence-corrected chi connectivity index (χ1v) is 14.3. The third-order valence-electron chi connectivity index (χ3n) is 9.27. The number of ketones is 1. The Labute approximate surface area is 220 Å². The maximum Gasteiger partial charge on any atom is 0.202 e. The van der Waals surface area contributed by atoms with E-state index in [1.807, 2.05) is 6.21 Å². The predicted molar refractivity (Wildman–Crippen MR) is 146 cm³/mol. The molecule has 2 aliphatic carbocycles. The summed E-state index contributed by atoms with van der Waals surface area (Å²) in [5.74, 6) is 3.62. The standard InChI is InChI=1S/C28H41N7O2/c1-20-18-29-11-6-12-35(20)25-17-24(34-15-13-33(2)14-16-34)31-27(32-25)26-21-7-5-10-28(22(21)19-30-37-26)9-4-3-8-23(28)36/h17,19-20,22,29H,3-16,18H2,1-2H3/t20-,22?,28-/m0/s1. The van der Waals surface area contributed by atoms with Gasteiger partial charge in [0.1, 0.15) is 17.4 Å². The quantitative estimate of drug-likeness (QED) is 0.668. The minimum atomic E-state index is -0.326. The van der Waals surface area contributed by atoms with Crippen molar-refractivity contribution in [3.8, 4) is 0 Å². The number of fused-ring (bicyclic) bond motifs is 2. The van der Waals surface area contributed by atoms with E-state index >= 15 is 0 Å². The highest BCUT2D eigenvalue weighted by molar-refractivity contribution is 5.92. The molecule has 3 atom stereocenters. The number of aromatic nitrogens is 2. The molecule has 1 aromatic heterocycles. The van der Waals surface area contributed by atoms with Gasteiger partial charge in [-0.25, -0.2) is 9.97 Å². The minimum Gasteiger partial charge on any atom is -0.354 e. The molecular formula is C28H41N7O2. The second-order valence-corrected chi connectivity index (χ2v) is 11.6. The first kappa shape index (κ1) is 24.8. The molecule has 0 bridgehead atoms. The number of allylic oxidation sites excluding steroid dienone is 1. The summed E-state index contributed by atoms with van der Waals surface area (Å²) in [6.07, 6.45) is 9.59. The Hall–Kier alpha value is -2.52. The van der Waals surface area contributed by atoms with Gasteiger partial charge in [-0.3, -0.25) is 4.79 Å². The van der Waals surface area contributed by atoms with Gasteiger partial charge in [-0.15, -0.1) is 0 Å². The molecule has 0 aromatic carbocycles. The van der Waals surface area contributed by atoms with Crippen LogP contribution in [0.5, 0.6) is 0 Å². The van der Waals surface area contributed by atoms with E-state index in [1.165, 1.54) is 5.57 Å². The van der Waals surface area contributed by atoms with Crippen molar-refractivity contribution in [1.82, 2.24) is 20.2 Å². The number of nitrogens with zero attached hydrogens (tertiary/aromatic N) is 6. The number of anilines is 2. The van der Waals surface area contributed by atoms with Crippen LogP contribution in [0.4, 0.5) is 11.6 Å². The molecule has 0 radical (unpaired) electrons. The predicted octanol–water partition coefficient (Wildman–Crippen LogP) is 3.07. The number of hydrogen-bond acceptors (Lipinski definition) is 9. The van der Waals surface area contributed by atoms with E-state index < -0.39 is 0 Å². The Bertz CT molecular complexity index is 1080. The van der Waals surface area contributed by atoms with Crippen molar-refractivity contribution in [2.24, 2.45) is 16.5 Å². The van der Waals surface area contributed by atoms with Gasteiger partial charge >= 0.3 is 0 Å². The van der Waals surface area contributed by atoms with Crippen molar-refractivity contribution in [3.05, 3.63) is 17.5 Å². The Morgan fingerprint density at radius 2 is 1.81 bits per heavy atom. The summed E-state index contributed by atoms with van der Waals surface area (Å²) >= 11 is 0. The van der Waals surface area contributed by atoms with Crippen LogP contribution in [0, 0.1) is 11.3 Å². The summed E-state index contributed by atoms with van der Waals surface area (Å²) in [7, 11) is 2.17. The molecule has 1 spiro atoms. The SMILES string of the molecule is C[C@H]1CNCCCN1c1cc(N2CCN(C)CC2)nc(C2=C3CCC[C@@]4(CCCCC4=O)C3C=NO2)n1. The fourth-order valence-electron chi connectivity index (χ4n) is 7.05. The maximum absolute atomic E-state index is 13.3. The van der Waals surface area contributed by atoms with Gasteiger partial charge in [-0.05, 0) is 64.6 Å². The Balaban J connectivity index is 1.42. The van der Waals surface area contributed by atoms with Gasteiger partial charge in [-0.2, -0.15) is 0 Å². The van der Waals surface area contributed by atoms with Crippen LogP contribution in [-0.2, 0) is 9.63 Å². The fourth-order valence-corrected chi connectivity index (χ4v) is 7.05. The van der Waals surface area contributed by atoms with Crippen LogP contribution in [0.3, 0.4) is 0 Å². The molecule has 1 unspecified atom stereocenters. The first-order chi connectivity index (χ1) is 18.0. The Morgan fingerprint density at radius 1 is 1.00 bits per heavy atom. The molecule has 2 saturated carbocycles. The van der Waals surface area contributed by atoms with Crippen molar-refractivity contribution in [2.75, 3.05) is 62.7 Å². The number of carbonyl (C=O) groups excluding carboxylic acids is 1. The molecule has 2 saturated heterocycles. The van der Waals surface area contributed by atoms with Gasteiger partial charge in [0.05, 0.1) is 6.21 Å². The largest absolute Gasteiger partial charge is 0.354 e. The molecule has 6 rings (SSSR count). The average molecular weight is 508 g/mol. The summed E-state index contributed by atoms with van der Waals surface area (Å²) in [5.41, 5.74) is 0.844. The second kappa shape index (κ2) is 10.3. The van der Waals surface area contributed by atoms with Gasteiger partial charge in [0.25, 0.3) is 0 Å². The number of hydrogen-bond donors (Lipinski definition) is 1. The van der Waals surface area contributed by atoms with E-state index in [4.69, 9.17) is 14.8 Å². The van der Waals surface area contributed by atoms with Crippen LogP contribution < -0.4 is 15.1 Å². The van der Waals surface area contributed by atoms with Crippen LogP contribution in [0.25, 0.3) is 5.76 Å². The zero-order chi connectivity index (χ0) is 25.4. The van der Waals surface area contributed by atoms with Crippen LogP contribution in [0.1, 0.15) is 64.1 Å². The lowest BCUT2D eigenvalue weighted by molar-refractivity contribution is -0.134. The van der Waals surface area contributed by atoms with Crippen LogP contribution >= 0.6 is 0 Å². The molecule has 4 heterocycles. The number of nitrogens with one attached hydrogen (secondary N) is 1. The number of piperazine rings is 1. The average Bonchev–Trinajstić information content (AvgIpc) is 3.14. The molecule has 37 heavy (non-hydrogen) atoms. The highest BCUT2D eigenvalue weighted by Crippen LogP contribution is 2.53. The smallest absolute Gasteiger partial charge is 0.202 e. The van der Waals surface area contributed by atoms with E-state index in [-0.39, 0.29) is 11.3 Å². The van der Waals surface area contributed by atoms with Crippen molar-refractivity contribution in [1.29, 1.82) is 0 Å². The zero-order valence-corrected chi connectivity index (χ0v) is 22.4. The lowest BCUT2D eigenvalue weighted by Crippen LogP contribution is -2.46. The van der Waals surface area contributed by atoms with Crippen LogP contribution in [0.2, 0.25) is 0 Å². The molecule has 9 heteroatoms. The van der Waals surface area contributed by atoms with Crippen molar-refractivity contribution < 1.29 is 9.63 Å². The summed E-state index contributed by atoms with van der Waals surface area (Å²) in [5, 5.41) is 7.91. The molecule has 5 aliphatic rings. The third kappa shape index (κ3) is 4.65. The molecule has 0 amide bonds. The second-order valence-electron chi connectivity index (χ2n) is 11.6. The monoisotopic (exact) mass is 507 g/mol. The van der Waals surface area contributed by atoms with E-state index in [1.54, 1.807) is 0 Å². The van der Waals surface area contributed by atoms with Crippen molar-refractivity contribution in [2.45, 2.75) is 64.3 Å².